The van der Waals surface area contributed by atoms with Crippen molar-refractivity contribution in [3.05, 3.63) is 53.4 Å². The molecule has 0 aliphatic carbocycles. The zero-order valence-corrected chi connectivity index (χ0v) is 11.6. The molecular weight excluding hydrogens is 276 g/mol. The van der Waals surface area contributed by atoms with E-state index in [0.717, 1.165) is 5.56 Å². The summed E-state index contributed by atoms with van der Waals surface area (Å²) in [5.74, 6) is 0.546. The first-order valence-corrected chi connectivity index (χ1v) is 6.64. The molecule has 0 saturated carbocycles. The maximum Gasteiger partial charge on any atom is 0.222 e. The number of nitrogens with one attached hydrogen (secondary N) is 2. The van der Waals surface area contributed by atoms with Crippen LogP contribution in [-0.4, -0.2) is 22.4 Å². The van der Waals surface area contributed by atoms with Crippen molar-refractivity contribution < 1.29 is 4.79 Å². The van der Waals surface area contributed by atoms with Crippen molar-refractivity contribution in [2.75, 3.05) is 11.9 Å². The summed E-state index contributed by atoms with van der Waals surface area (Å²) in [5.41, 5.74) is 1.08. The number of nitrogens with zero attached hydrogens (tertiary/aromatic N) is 2. The minimum Gasteiger partial charge on any atom is -0.368 e. The quantitative estimate of drug-likeness (QED) is 0.856. The molecule has 0 aliphatic rings. The van der Waals surface area contributed by atoms with E-state index < -0.39 is 0 Å². The molecule has 0 radical (unpaired) electrons. The second kappa shape index (κ2) is 7.45. The fraction of sp³-hybridized carbons (Fsp3) is 0.214. The zero-order chi connectivity index (χ0) is 14.2. The molecule has 0 spiro atoms. The maximum absolute atomic E-state index is 11.7. The summed E-state index contributed by atoms with van der Waals surface area (Å²) in [6.45, 7) is 1.02. The lowest BCUT2D eigenvalue weighted by Gasteiger charge is -2.07. The third-order valence-corrected chi connectivity index (χ3v) is 2.78. The minimum atomic E-state index is -0.0173. The van der Waals surface area contributed by atoms with Gasteiger partial charge in [0.2, 0.25) is 5.91 Å². The first-order chi connectivity index (χ1) is 9.74. The number of amides is 1. The third kappa shape index (κ3) is 4.85. The standard InChI is InChI=1S/C14H15ClN4O/c15-12-9-16-10-13(19-12)17-7-6-14(20)18-8-11-4-2-1-3-5-11/h1-5,9-10H,6-8H2,(H,17,19)(H,18,20). The predicted octanol–water partition coefficient (Wildman–Crippen LogP) is 2.25. The van der Waals surface area contributed by atoms with Crippen LogP contribution in [0.15, 0.2) is 42.7 Å². The molecule has 104 valence electrons. The molecule has 1 amide bonds. The summed E-state index contributed by atoms with van der Waals surface area (Å²) in [5, 5.41) is 6.17. The van der Waals surface area contributed by atoms with Crippen molar-refractivity contribution in [3.8, 4) is 0 Å². The van der Waals surface area contributed by atoms with Gasteiger partial charge in [-0.2, -0.15) is 0 Å². The van der Waals surface area contributed by atoms with Gasteiger partial charge in [0.05, 0.1) is 12.4 Å². The van der Waals surface area contributed by atoms with E-state index in [9.17, 15) is 4.79 Å². The van der Waals surface area contributed by atoms with Crippen molar-refractivity contribution in [3.63, 3.8) is 0 Å². The molecule has 2 rings (SSSR count). The summed E-state index contributed by atoms with van der Waals surface area (Å²) in [4.78, 5) is 19.6. The normalized spacial score (nSPS) is 10.1. The van der Waals surface area contributed by atoms with Crippen LogP contribution in [0.5, 0.6) is 0 Å². The number of halogens is 1. The molecule has 20 heavy (non-hydrogen) atoms. The molecule has 0 unspecified atom stereocenters. The van der Waals surface area contributed by atoms with Crippen LogP contribution in [0.25, 0.3) is 0 Å². The highest BCUT2D eigenvalue weighted by atomic mass is 35.5. The Morgan fingerprint density at radius 2 is 2.00 bits per heavy atom. The van der Waals surface area contributed by atoms with Gasteiger partial charge in [-0.3, -0.25) is 9.78 Å². The van der Waals surface area contributed by atoms with Crippen molar-refractivity contribution in [1.82, 2.24) is 15.3 Å². The smallest absolute Gasteiger partial charge is 0.222 e. The van der Waals surface area contributed by atoms with Gasteiger partial charge in [0, 0.05) is 19.5 Å². The van der Waals surface area contributed by atoms with E-state index in [4.69, 9.17) is 11.6 Å². The van der Waals surface area contributed by atoms with Crippen LogP contribution in [0.2, 0.25) is 5.15 Å². The number of aromatic nitrogens is 2. The molecule has 1 heterocycles. The van der Waals surface area contributed by atoms with Gasteiger partial charge >= 0.3 is 0 Å². The molecule has 1 aromatic carbocycles. The largest absolute Gasteiger partial charge is 0.368 e. The Balaban J connectivity index is 1.68. The molecule has 6 heteroatoms. The lowest BCUT2D eigenvalue weighted by atomic mass is 10.2. The van der Waals surface area contributed by atoms with Gasteiger partial charge in [-0.05, 0) is 5.56 Å². The Hall–Kier alpha value is -2.14. The SMILES string of the molecule is O=C(CCNc1cncc(Cl)n1)NCc1ccccc1. The highest BCUT2D eigenvalue weighted by Gasteiger charge is 2.02. The van der Waals surface area contributed by atoms with Crippen LogP contribution in [0.4, 0.5) is 5.82 Å². The van der Waals surface area contributed by atoms with Gasteiger partial charge in [-0.15, -0.1) is 0 Å². The number of rotatable bonds is 6. The van der Waals surface area contributed by atoms with E-state index >= 15 is 0 Å². The molecule has 2 aromatic rings. The summed E-state index contributed by atoms with van der Waals surface area (Å²) in [7, 11) is 0. The van der Waals surface area contributed by atoms with E-state index in [1.54, 1.807) is 6.20 Å². The minimum absolute atomic E-state index is 0.0173. The van der Waals surface area contributed by atoms with Crippen molar-refractivity contribution in [2.24, 2.45) is 0 Å². The van der Waals surface area contributed by atoms with Gasteiger partial charge in [-0.25, -0.2) is 4.98 Å². The number of anilines is 1. The van der Waals surface area contributed by atoms with Crippen LogP contribution in [0, 0.1) is 0 Å². The first kappa shape index (κ1) is 14.3. The van der Waals surface area contributed by atoms with Gasteiger partial charge in [0.1, 0.15) is 11.0 Å². The molecule has 0 fully saturated rings. The molecule has 0 bridgehead atoms. The fourth-order valence-corrected chi connectivity index (χ4v) is 1.76. The lowest BCUT2D eigenvalue weighted by Crippen LogP contribution is -2.24. The van der Waals surface area contributed by atoms with E-state index in [2.05, 4.69) is 20.6 Å². The monoisotopic (exact) mass is 290 g/mol. The second-order valence-electron chi connectivity index (χ2n) is 4.17. The Bertz CT molecular complexity index is 562. The second-order valence-corrected chi connectivity index (χ2v) is 4.55. The Kier molecular flexibility index (Phi) is 5.32. The third-order valence-electron chi connectivity index (χ3n) is 2.60. The van der Waals surface area contributed by atoms with E-state index in [1.807, 2.05) is 30.3 Å². The van der Waals surface area contributed by atoms with Crippen LogP contribution in [0.1, 0.15) is 12.0 Å². The predicted molar refractivity (Wildman–Crippen MR) is 78.4 cm³/mol. The van der Waals surface area contributed by atoms with Gasteiger partial charge in [0.15, 0.2) is 0 Å². The van der Waals surface area contributed by atoms with Crippen molar-refractivity contribution in [1.29, 1.82) is 0 Å². The van der Waals surface area contributed by atoms with Crippen molar-refractivity contribution in [2.45, 2.75) is 13.0 Å². The number of hydrogen-bond donors (Lipinski definition) is 2. The van der Waals surface area contributed by atoms with Crippen LogP contribution in [-0.2, 0) is 11.3 Å². The molecule has 2 N–H and O–H groups in total. The highest BCUT2D eigenvalue weighted by Crippen LogP contribution is 2.06. The molecule has 5 nitrogen and oxygen atoms in total. The molecular formula is C14H15ClN4O. The summed E-state index contributed by atoms with van der Waals surface area (Å²) >= 11 is 5.71. The zero-order valence-electron chi connectivity index (χ0n) is 10.8. The lowest BCUT2D eigenvalue weighted by molar-refractivity contribution is -0.121. The van der Waals surface area contributed by atoms with Gasteiger partial charge < -0.3 is 10.6 Å². The average Bonchev–Trinajstić information content (AvgIpc) is 2.46. The molecule has 1 aromatic heterocycles. The van der Waals surface area contributed by atoms with Crippen LogP contribution in [0.3, 0.4) is 0 Å². The number of benzene rings is 1. The van der Waals surface area contributed by atoms with Gasteiger partial charge in [0.25, 0.3) is 0 Å². The Labute approximate surface area is 122 Å². The molecule has 0 aliphatic heterocycles. The molecule has 0 atom stereocenters. The van der Waals surface area contributed by atoms with Crippen molar-refractivity contribution >= 4 is 23.3 Å². The summed E-state index contributed by atoms with van der Waals surface area (Å²) < 4.78 is 0. The number of carbonyl (C=O) groups excluding carboxylic acids is 1. The maximum atomic E-state index is 11.7. The average molecular weight is 291 g/mol. The van der Waals surface area contributed by atoms with E-state index in [0.29, 0.717) is 30.5 Å². The first-order valence-electron chi connectivity index (χ1n) is 6.26. The van der Waals surface area contributed by atoms with Gasteiger partial charge in [-0.1, -0.05) is 41.9 Å². The van der Waals surface area contributed by atoms with E-state index in [-0.39, 0.29) is 5.91 Å². The Morgan fingerprint density at radius 3 is 2.75 bits per heavy atom. The fourth-order valence-electron chi connectivity index (χ4n) is 1.62. The number of hydrogen-bond acceptors (Lipinski definition) is 4. The summed E-state index contributed by atoms with van der Waals surface area (Å²) in [6.07, 6.45) is 3.38. The molecule has 0 saturated heterocycles. The van der Waals surface area contributed by atoms with Crippen LogP contribution >= 0.6 is 11.6 Å². The topological polar surface area (TPSA) is 66.9 Å². The number of carbonyl (C=O) groups is 1. The highest BCUT2D eigenvalue weighted by molar-refractivity contribution is 6.29. The van der Waals surface area contributed by atoms with E-state index in [1.165, 1.54) is 6.20 Å². The summed E-state index contributed by atoms with van der Waals surface area (Å²) in [6, 6.07) is 9.78. The van der Waals surface area contributed by atoms with Crippen LogP contribution < -0.4 is 10.6 Å². The Morgan fingerprint density at radius 1 is 1.20 bits per heavy atom.